The summed E-state index contributed by atoms with van der Waals surface area (Å²) in [6.07, 6.45) is 5.17. The van der Waals surface area contributed by atoms with E-state index >= 15 is 0 Å². The highest BCUT2D eigenvalue weighted by atomic mass is 127. The van der Waals surface area contributed by atoms with Crippen molar-refractivity contribution in [1.29, 1.82) is 0 Å². The second kappa shape index (κ2) is 15.8. The number of nitrogens with one attached hydrogen (secondary N) is 2. The number of hydrogen-bond acceptors (Lipinski definition) is 5. The molecule has 2 saturated heterocycles. The van der Waals surface area contributed by atoms with E-state index in [1.165, 1.54) is 11.1 Å². The number of halogens is 1. The van der Waals surface area contributed by atoms with Crippen LogP contribution in [0, 0.1) is 0 Å². The Labute approximate surface area is 210 Å². The number of ether oxygens (including phenoxy) is 2. The average Bonchev–Trinajstić information content (AvgIpc) is 3.30. The van der Waals surface area contributed by atoms with Gasteiger partial charge in [0.15, 0.2) is 5.96 Å². The number of aliphatic imine (C=N–C) groups is 1. The van der Waals surface area contributed by atoms with Crippen molar-refractivity contribution in [2.24, 2.45) is 4.99 Å². The van der Waals surface area contributed by atoms with Crippen molar-refractivity contribution in [3.8, 4) is 0 Å². The number of nitrogens with zero attached hydrogens (tertiary/aromatic N) is 2. The van der Waals surface area contributed by atoms with E-state index in [-0.39, 0.29) is 30.1 Å². The summed E-state index contributed by atoms with van der Waals surface area (Å²) in [6, 6.07) is 8.73. The van der Waals surface area contributed by atoms with E-state index in [9.17, 15) is 5.11 Å². The number of rotatable bonds is 11. The zero-order valence-electron chi connectivity index (χ0n) is 19.4. The van der Waals surface area contributed by atoms with Gasteiger partial charge in [-0.3, -0.25) is 4.90 Å². The van der Waals surface area contributed by atoms with E-state index in [0.29, 0.717) is 19.3 Å². The van der Waals surface area contributed by atoms with Crippen molar-refractivity contribution in [3.05, 3.63) is 35.4 Å². The van der Waals surface area contributed by atoms with Crippen LogP contribution in [-0.2, 0) is 22.6 Å². The van der Waals surface area contributed by atoms with Gasteiger partial charge in [0.25, 0.3) is 0 Å². The quantitative estimate of drug-likeness (QED) is 0.167. The lowest BCUT2D eigenvalue weighted by atomic mass is 10.1. The van der Waals surface area contributed by atoms with Crippen LogP contribution < -0.4 is 10.6 Å². The van der Waals surface area contributed by atoms with Gasteiger partial charge in [0.1, 0.15) is 0 Å². The molecule has 0 bridgehead atoms. The molecular formula is C24H41IN4O3. The highest BCUT2D eigenvalue weighted by Crippen LogP contribution is 2.15. The van der Waals surface area contributed by atoms with Crippen LogP contribution in [0.2, 0.25) is 0 Å². The van der Waals surface area contributed by atoms with Crippen molar-refractivity contribution in [3.63, 3.8) is 0 Å². The Kier molecular flexibility index (Phi) is 13.5. The molecule has 2 aliphatic rings. The van der Waals surface area contributed by atoms with Gasteiger partial charge in [-0.15, -0.1) is 24.0 Å². The molecule has 0 amide bonds. The number of benzene rings is 1. The Hall–Kier alpha value is -0.940. The fourth-order valence-corrected chi connectivity index (χ4v) is 3.97. The van der Waals surface area contributed by atoms with Crippen LogP contribution in [0.4, 0.5) is 0 Å². The van der Waals surface area contributed by atoms with Gasteiger partial charge >= 0.3 is 0 Å². The first-order valence-electron chi connectivity index (χ1n) is 11.9. The third kappa shape index (κ3) is 10.3. The average molecular weight is 561 g/mol. The lowest BCUT2D eigenvalue weighted by Gasteiger charge is -2.29. The van der Waals surface area contributed by atoms with Crippen LogP contribution in [0.5, 0.6) is 0 Å². The predicted molar refractivity (Wildman–Crippen MR) is 140 cm³/mol. The summed E-state index contributed by atoms with van der Waals surface area (Å²) in [7, 11) is 0. The summed E-state index contributed by atoms with van der Waals surface area (Å²) in [5.74, 6) is 0.845. The van der Waals surface area contributed by atoms with Gasteiger partial charge in [-0.2, -0.15) is 0 Å². The molecule has 2 heterocycles. The predicted octanol–water partition coefficient (Wildman–Crippen LogP) is 2.90. The summed E-state index contributed by atoms with van der Waals surface area (Å²) in [5, 5.41) is 16.3. The zero-order chi connectivity index (χ0) is 21.7. The van der Waals surface area contributed by atoms with Crippen LogP contribution in [0.3, 0.4) is 0 Å². The van der Waals surface area contributed by atoms with Gasteiger partial charge in [0, 0.05) is 45.9 Å². The van der Waals surface area contributed by atoms with Crippen LogP contribution in [0.1, 0.15) is 50.2 Å². The summed E-state index contributed by atoms with van der Waals surface area (Å²) in [4.78, 5) is 7.13. The minimum Gasteiger partial charge on any atom is -0.393 e. The maximum Gasteiger partial charge on any atom is 0.191 e. The maximum absolute atomic E-state index is 9.64. The Morgan fingerprint density at radius 2 is 1.91 bits per heavy atom. The number of aliphatic hydroxyl groups excluding tert-OH is 1. The van der Waals surface area contributed by atoms with Gasteiger partial charge in [-0.05, 0) is 50.2 Å². The van der Waals surface area contributed by atoms with Crippen LogP contribution in [0.25, 0.3) is 0 Å². The fraction of sp³-hybridized carbons (Fsp3) is 0.708. The lowest BCUT2D eigenvalue weighted by molar-refractivity contribution is 0.0168. The molecule has 1 aromatic rings. The normalized spacial score (nSPS) is 20.2. The molecule has 0 radical (unpaired) electrons. The number of hydrogen-bond donors (Lipinski definition) is 3. The number of piperidine rings is 1. The second-order valence-corrected chi connectivity index (χ2v) is 8.51. The molecule has 32 heavy (non-hydrogen) atoms. The molecule has 2 aliphatic heterocycles. The van der Waals surface area contributed by atoms with E-state index in [2.05, 4.69) is 46.7 Å². The monoisotopic (exact) mass is 560 g/mol. The number of likely N-dealkylation sites (tertiary alicyclic amines) is 1. The molecule has 8 heteroatoms. The van der Waals surface area contributed by atoms with E-state index in [1.54, 1.807) is 0 Å². The first kappa shape index (κ1) is 27.3. The molecule has 3 rings (SSSR count). The molecule has 3 N–H and O–H groups in total. The van der Waals surface area contributed by atoms with E-state index in [1.807, 2.05) is 0 Å². The Morgan fingerprint density at radius 1 is 1.16 bits per heavy atom. The third-order valence-corrected chi connectivity index (χ3v) is 5.84. The summed E-state index contributed by atoms with van der Waals surface area (Å²) in [5.41, 5.74) is 2.52. The molecule has 7 nitrogen and oxygen atoms in total. The van der Waals surface area contributed by atoms with Gasteiger partial charge in [-0.25, -0.2) is 4.99 Å². The topological polar surface area (TPSA) is 78.4 Å². The first-order chi connectivity index (χ1) is 15.2. The first-order valence-corrected chi connectivity index (χ1v) is 11.9. The maximum atomic E-state index is 9.64. The molecular weight excluding hydrogens is 519 g/mol. The Balaban J connectivity index is 0.00000363. The summed E-state index contributed by atoms with van der Waals surface area (Å²) < 4.78 is 11.3. The van der Waals surface area contributed by atoms with Crippen molar-refractivity contribution in [2.45, 2.75) is 64.3 Å². The molecule has 1 atom stereocenters. The van der Waals surface area contributed by atoms with Crippen molar-refractivity contribution < 1.29 is 14.6 Å². The smallest absolute Gasteiger partial charge is 0.191 e. The molecule has 0 aromatic heterocycles. The van der Waals surface area contributed by atoms with Crippen LogP contribution in [0.15, 0.2) is 29.3 Å². The molecule has 0 saturated carbocycles. The highest BCUT2D eigenvalue weighted by molar-refractivity contribution is 14.0. The Morgan fingerprint density at radius 3 is 2.59 bits per heavy atom. The standard InChI is InChI=1S/C24H40N4O3.HI/c1-2-25-24(26-12-4-15-30-19-23-5-3-16-31-23)27-17-20-6-8-21(9-7-20)18-28-13-10-22(29)11-14-28;/h6-9,22-23,29H,2-5,10-19H2,1H3,(H2,25,26,27);1H. The van der Waals surface area contributed by atoms with Crippen LogP contribution >= 0.6 is 24.0 Å². The van der Waals surface area contributed by atoms with E-state index < -0.39 is 0 Å². The summed E-state index contributed by atoms with van der Waals surface area (Å²) >= 11 is 0. The SMILES string of the molecule is CCNC(=NCc1ccc(CN2CCC(O)CC2)cc1)NCCCOCC1CCCO1.I. The fourth-order valence-electron chi connectivity index (χ4n) is 3.97. The van der Waals surface area contributed by atoms with Gasteiger partial charge < -0.3 is 25.2 Å². The number of aliphatic hydroxyl groups is 1. The number of guanidine groups is 1. The molecule has 182 valence electrons. The van der Waals surface area contributed by atoms with Crippen molar-refractivity contribution in [2.75, 3.05) is 46.0 Å². The second-order valence-electron chi connectivity index (χ2n) is 8.51. The van der Waals surface area contributed by atoms with Crippen LogP contribution in [-0.4, -0.2) is 74.2 Å². The molecule has 1 aromatic carbocycles. The van der Waals surface area contributed by atoms with Gasteiger partial charge in [-0.1, -0.05) is 24.3 Å². The van der Waals surface area contributed by atoms with E-state index in [0.717, 1.165) is 84.0 Å². The lowest BCUT2D eigenvalue weighted by Crippen LogP contribution is -2.38. The molecule has 1 unspecified atom stereocenters. The van der Waals surface area contributed by atoms with Crippen molar-refractivity contribution in [1.82, 2.24) is 15.5 Å². The minimum atomic E-state index is -0.116. The minimum absolute atomic E-state index is 0. The van der Waals surface area contributed by atoms with Crippen molar-refractivity contribution >= 4 is 29.9 Å². The largest absolute Gasteiger partial charge is 0.393 e. The molecule has 0 spiro atoms. The zero-order valence-corrected chi connectivity index (χ0v) is 21.8. The summed E-state index contributed by atoms with van der Waals surface area (Å²) in [6.45, 7) is 9.64. The highest BCUT2D eigenvalue weighted by Gasteiger charge is 2.17. The van der Waals surface area contributed by atoms with Gasteiger partial charge in [0.2, 0.25) is 0 Å². The van der Waals surface area contributed by atoms with Gasteiger partial charge in [0.05, 0.1) is 25.4 Å². The third-order valence-electron chi connectivity index (χ3n) is 5.84. The molecule has 2 fully saturated rings. The van der Waals surface area contributed by atoms with E-state index in [4.69, 9.17) is 14.5 Å². The Bertz CT molecular complexity index is 645. The molecule has 0 aliphatic carbocycles.